The number of hydrogen-bond acceptors (Lipinski definition) is 2. The number of halogens is 2. The average molecular weight is 232 g/mol. The molecule has 2 N–H and O–H groups in total. The Bertz CT molecular complexity index is 350. The molecule has 1 rings (SSSR count). The first kappa shape index (κ1) is 13.1. The van der Waals surface area contributed by atoms with Crippen molar-refractivity contribution in [2.75, 3.05) is 6.54 Å². The Morgan fingerprint density at radius 1 is 1.44 bits per heavy atom. The Labute approximate surface area is 94.1 Å². The molecule has 0 saturated heterocycles. The zero-order valence-corrected chi connectivity index (χ0v) is 9.80. The second kappa shape index (κ2) is 5.41. The molecule has 3 nitrogen and oxygen atoms in total. The van der Waals surface area contributed by atoms with Gasteiger partial charge in [0.15, 0.2) is 0 Å². The van der Waals surface area contributed by atoms with Gasteiger partial charge < -0.3 is 15.0 Å². The normalized spacial score (nSPS) is 13.4. The van der Waals surface area contributed by atoms with Crippen LogP contribution in [0.2, 0.25) is 0 Å². The van der Waals surface area contributed by atoms with Crippen molar-refractivity contribution in [3.63, 3.8) is 0 Å². The first-order valence-corrected chi connectivity index (χ1v) is 5.22. The SMILES string of the molecule is Cc1cc(CNCC(O)C(F)F)c(C)n1C. The van der Waals surface area contributed by atoms with Crippen LogP contribution in [0.15, 0.2) is 6.07 Å². The molecule has 16 heavy (non-hydrogen) atoms. The topological polar surface area (TPSA) is 37.2 Å². The van der Waals surface area contributed by atoms with Crippen molar-refractivity contribution in [1.82, 2.24) is 9.88 Å². The number of aromatic nitrogens is 1. The third-order valence-corrected chi connectivity index (χ3v) is 2.84. The minimum absolute atomic E-state index is 0.0922. The lowest BCUT2D eigenvalue weighted by Gasteiger charge is -2.10. The Balaban J connectivity index is 2.46. The number of aliphatic hydroxyl groups is 1. The number of nitrogens with zero attached hydrogens (tertiary/aromatic N) is 1. The summed E-state index contributed by atoms with van der Waals surface area (Å²) in [5, 5.41) is 11.7. The van der Waals surface area contributed by atoms with Gasteiger partial charge in [-0.05, 0) is 25.5 Å². The molecular formula is C11H18F2N2O. The van der Waals surface area contributed by atoms with Crippen molar-refractivity contribution >= 4 is 0 Å². The molecule has 0 fully saturated rings. The average Bonchev–Trinajstić information content (AvgIpc) is 2.46. The minimum atomic E-state index is -2.69. The lowest BCUT2D eigenvalue weighted by atomic mass is 10.2. The summed E-state index contributed by atoms with van der Waals surface area (Å²) in [7, 11) is 1.96. The summed E-state index contributed by atoms with van der Waals surface area (Å²) in [6, 6.07) is 2.01. The zero-order valence-electron chi connectivity index (χ0n) is 9.80. The van der Waals surface area contributed by atoms with Gasteiger partial charge in [0.05, 0.1) is 0 Å². The number of aryl methyl sites for hydroxylation is 1. The van der Waals surface area contributed by atoms with Crippen LogP contribution in [-0.2, 0) is 13.6 Å². The van der Waals surface area contributed by atoms with Crippen LogP contribution in [-0.4, -0.2) is 28.7 Å². The molecule has 0 spiro atoms. The van der Waals surface area contributed by atoms with E-state index in [0.29, 0.717) is 6.54 Å². The lowest BCUT2D eigenvalue weighted by molar-refractivity contribution is -0.00341. The van der Waals surface area contributed by atoms with Gasteiger partial charge in [0.2, 0.25) is 0 Å². The van der Waals surface area contributed by atoms with Gasteiger partial charge in [-0.1, -0.05) is 0 Å². The monoisotopic (exact) mass is 232 g/mol. The maximum atomic E-state index is 12.0. The van der Waals surface area contributed by atoms with Crippen molar-refractivity contribution in [3.8, 4) is 0 Å². The van der Waals surface area contributed by atoms with E-state index >= 15 is 0 Å². The summed E-state index contributed by atoms with van der Waals surface area (Å²) in [6.45, 7) is 4.38. The first-order valence-electron chi connectivity index (χ1n) is 5.22. The number of aliphatic hydroxyl groups excluding tert-OH is 1. The van der Waals surface area contributed by atoms with Crippen molar-refractivity contribution in [2.45, 2.75) is 32.9 Å². The van der Waals surface area contributed by atoms with E-state index in [1.807, 2.05) is 31.5 Å². The van der Waals surface area contributed by atoms with Crippen molar-refractivity contribution < 1.29 is 13.9 Å². The smallest absolute Gasteiger partial charge is 0.265 e. The maximum absolute atomic E-state index is 12.0. The van der Waals surface area contributed by atoms with E-state index in [4.69, 9.17) is 5.11 Å². The predicted octanol–water partition coefficient (Wildman–Crippen LogP) is 1.36. The summed E-state index contributed by atoms with van der Waals surface area (Å²) in [5.41, 5.74) is 3.31. The highest BCUT2D eigenvalue weighted by Crippen LogP contribution is 2.12. The van der Waals surface area contributed by atoms with Crippen LogP contribution < -0.4 is 5.32 Å². The molecule has 0 radical (unpaired) electrons. The Morgan fingerprint density at radius 2 is 2.06 bits per heavy atom. The second-order valence-corrected chi connectivity index (χ2v) is 3.99. The van der Waals surface area contributed by atoms with E-state index in [-0.39, 0.29) is 6.54 Å². The molecule has 0 aromatic carbocycles. The molecule has 0 aliphatic heterocycles. The summed E-state index contributed by atoms with van der Waals surface area (Å²) in [6.07, 6.45) is -4.28. The Morgan fingerprint density at radius 3 is 2.50 bits per heavy atom. The Hall–Kier alpha value is -0.940. The van der Waals surface area contributed by atoms with Gasteiger partial charge in [0, 0.05) is 31.5 Å². The van der Waals surface area contributed by atoms with Crippen LogP contribution in [0.1, 0.15) is 17.0 Å². The zero-order chi connectivity index (χ0) is 12.3. The van der Waals surface area contributed by atoms with E-state index in [0.717, 1.165) is 17.0 Å². The van der Waals surface area contributed by atoms with Crippen LogP contribution in [0.3, 0.4) is 0 Å². The van der Waals surface area contributed by atoms with Crippen LogP contribution in [0.4, 0.5) is 8.78 Å². The highest BCUT2D eigenvalue weighted by Gasteiger charge is 2.16. The summed E-state index contributed by atoms with van der Waals surface area (Å²) < 4.78 is 26.1. The summed E-state index contributed by atoms with van der Waals surface area (Å²) >= 11 is 0. The van der Waals surface area contributed by atoms with Crippen molar-refractivity contribution in [1.29, 1.82) is 0 Å². The van der Waals surface area contributed by atoms with Crippen LogP contribution in [0.25, 0.3) is 0 Å². The molecule has 1 atom stereocenters. The summed E-state index contributed by atoms with van der Waals surface area (Å²) in [5.74, 6) is 0. The van der Waals surface area contributed by atoms with Crippen molar-refractivity contribution in [3.05, 3.63) is 23.0 Å². The molecule has 1 aromatic rings. The molecule has 0 aliphatic carbocycles. The van der Waals surface area contributed by atoms with Gasteiger partial charge in [-0.25, -0.2) is 8.78 Å². The molecule has 1 heterocycles. The van der Waals surface area contributed by atoms with E-state index in [1.165, 1.54) is 0 Å². The highest BCUT2D eigenvalue weighted by molar-refractivity contribution is 5.26. The molecule has 0 amide bonds. The van der Waals surface area contributed by atoms with Gasteiger partial charge in [-0.15, -0.1) is 0 Å². The second-order valence-electron chi connectivity index (χ2n) is 3.99. The van der Waals surface area contributed by atoms with Crippen LogP contribution in [0, 0.1) is 13.8 Å². The van der Waals surface area contributed by atoms with Crippen molar-refractivity contribution in [2.24, 2.45) is 7.05 Å². The fourth-order valence-electron chi connectivity index (χ4n) is 1.56. The maximum Gasteiger partial charge on any atom is 0.265 e. The number of rotatable bonds is 5. The van der Waals surface area contributed by atoms with E-state index < -0.39 is 12.5 Å². The van der Waals surface area contributed by atoms with E-state index in [9.17, 15) is 8.78 Å². The standard InChI is InChI=1S/C11H18F2N2O/c1-7-4-9(8(2)15(7)3)5-14-6-10(16)11(12)13/h4,10-11,14,16H,5-6H2,1-3H3. The van der Waals surface area contributed by atoms with Gasteiger partial charge >= 0.3 is 0 Å². The largest absolute Gasteiger partial charge is 0.386 e. The first-order chi connectivity index (χ1) is 7.43. The van der Waals surface area contributed by atoms with Gasteiger partial charge in [-0.2, -0.15) is 0 Å². The number of hydrogen-bond donors (Lipinski definition) is 2. The summed E-state index contributed by atoms with van der Waals surface area (Å²) in [4.78, 5) is 0. The van der Waals surface area contributed by atoms with Crippen LogP contribution >= 0.6 is 0 Å². The van der Waals surface area contributed by atoms with E-state index in [1.54, 1.807) is 0 Å². The molecule has 1 aromatic heterocycles. The Kier molecular flexibility index (Phi) is 4.44. The van der Waals surface area contributed by atoms with E-state index in [2.05, 4.69) is 5.32 Å². The third kappa shape index (κ3) is 3.02. The third-order valence-electron chi connectivity index (χ3n) is 2.84. The number of alkyl halides is 2. The molecule has 1 unspecified atom stereocenters. The van der Waals surface area contributed by atoms with Gasteiger partial charge in [0.1, 0.15) is 6.10 Å². The lowest BCUT2D eigenvalue weighted by Crippen LogP contribution is -2.31. The molecular weight excluding hydrogens is 214 g/mol. The fourth-order valence-corrected chi connectivity index (χ4v) is 1.56. The fraction of sp³-hybridized carbons (Fsp3) is 0.636. The minimum Gasteiger partial charge on any atom is -0.386 e. The van der Waals surface area contributed by atoms with Crippen LogP contribution in [0.5, 0.6) is 0 Å². The molecule has 5 heteroatoms. The predicted molar refractivity (Wildman–Crippen MR) is 58.6 cm³/mol. The van der Waals surface area contributed by atoms with Gasteiger partial charge in [-0.3, -0.25) is 0 Å². The number of nitrogens with one attached hydrogen (secondary N) is 1. The quantitative estimate of drug-likeness (QED) is 0.804. The van der Waals surface area contributed by atoms with Gasteiger partial charge in [0.25, 0.3) is 6.43 Å². The highest BCUT2D eigenvalue weighted by atomic mass is 19.3. The molecule has 0 bridgehead atoms. The molecule has 0 aliphatic rings. The molecule has 92 valence electrons. The molecule has 0 saturated carbocycles.